The molecule has 41 heavy (non-hydrogen) atoms. The number of nitrogens with one attached hydrogen (secondary N) is 1. The number of fused-ring (bicyclic) bond motifs is 5. The van der Waals surface area contributed by atoms with Crippen molar-refractivity contribution in [2.24, 2.45) is 5.16 Å². The maximum atomic E-state index is 14.2. The molecular weight excluding hydrogens is 545 g/mol. The molecule has 1 fully saturated rings. The van der Waals surface area contributed by atoms with Crippen LogP contribution in [-0.2, 0) is 11.4 Å². The van der Waals surface area contributed by atoms with Crippen LogP contribution in [0.4, 0.5) is 13.2 Å². The van der Waals surface area contributed by atoms with Crippen molar-refractivity contribution in [2.75, 3.05) is 13.2 Å². The van der Waals surface area contributed by atoms with E-state index in [4.69, 9.17) is 9.57 Å². The zero-order valence-corrected chi connectivity index (χ0v) is 22.9. The Morgan fingerprint density at radius 3 is 2.61 bits per heavy atom. The topological polar surface area (TPSA) is 122 Å². The van der Waals surface area contributed by atoms with Gasteiger partial charge < -0.3 is 29.5 Å². The monoisotopic (exact) mass is 576 g/mol. The van der Waals surface area contributed by atoms with Gasteiger partial charge in [-0.3, -0.25) is 14.4 Å². The summed E-state index contributed by atoms with van der Waals surface area (Å²) in [5.74, 6) is -5.30. The summed E-state index contributed by atoms with van der Waals surface area (Å²) in [5, 5.41) is 17.5. The lowest BCUT2D eigenvalue weighted by molar-refractivity contribution is -0.114. The summed E-state index contributed by atoms with van der Waals surface area (Å²) in [6.45, 7) is 4.94. The third-order valence-corrected chi connectivity index (χ3v) is 8.15. The number of halogens is 3. The Hall–Kier alpha value is -3.87. The van der Waals surface area contributed by atoms with Gasteiger partial charge in [-0.15, -0.1) is 0 Å². The number of nitrogens with zero attached hydrogens (tertiary/aromatic N) is 3. The first-order valence-corrected chi connectivity index (χ1v) is 13.5. The molecule has 220 valence electrons. The summed E-state index contributed by atoms with van der Waals surface area (Å²) in [7, 11) is 0. The zero-order valence-electron chi connectivity index (χ0n) is 22.9. The second-order valence-electron chi connectivity index (χ2n) is 10.7. The van der Waals surface area contributed by atoms with Crippen molar-refractivity contribution in [1.29, 1.82) is 0 Å². The minimum Gasteiger partial charge on any atom is -0.487 e. The Balaban J connectivity index is 1.62. The van der Waals surface area contributed by atoms with Crippen LogP contribution in [0.25, 0.3) is 0 Å². The molecule has 1 saturated heterocycles. The number of aliphatic hydroxyl groups is 1. The minimum absolute atomic E-state index is 0.0806. The van der Waals surface area contributed by atoms with Crippen LogP contribution in [0.2, 0.25) is 0 Å². The van der Waals surface area contributed by atoms with Crippen molar-refractivity contribution >= 4 is 17.5 Å². The largest absolute Gasteiger partial charge is 0.487 e. The maximum absolute atomic E-state index is 14.2. The average Bonchev–Trinajstić information content (AvgIpc) is 3.13. The number of unbranched alkanes of at least 4 members (excludes halogenated alkanes) is 1. The normalized spacial score (nSPS) is 25.0. The number of aromatic nitrogens is 1. The summed E-state index contributed by atoms with van der Waals surface area (Å²) in [4.78, 5) is 48.2. The highest BCUT2D eigenvalue weighted by molar-refractivity contribution is 5.99. The van der Waals surface area contributed by atoms with Crippen LogP contribution >= 0.6 is 0 Å². The summed E-state index contributed by atoms with van der Waals surface area (Å²) >= 11 is 0. The highest BCUT2D eigenvalue weighted by Crippen LogP contribution is 2.46. The predicted octanol–water partition coefficient (Wildman–Crippen LogP) is 3.06. The molecule has 3 aliphatic rings. The van der Waals surface area contributed by atoms with Gasteiger partial charge in [0.15, 0.2) is 17.0 Å². The van der Waals surface area contributed by atoms with E-state index in [1.54, 1.807) is 11.8 Å². The van der Waals surface area contributed by atoms with Gasteiger partial charge in [0.05, 0.1) is 18.4 Å². The number of aliphatic hydroxyl groups excluding tert-OH is 1. The molecule has 2 aromatic rings. The van der Waals surface area contributed by atoms with Crippen LogP contribution in [0.3, 0.4) is 0 Å². The average molecular weight is 577 g/mol. The zero-order chi connectivity index (χ0) is 29.6. The molecule has 0 radical (unpaired) electrons. The van der Waals surface area contributed by atoms with E-state index in [1.807, 2.05) is 13.8 Å². The van der Waals surface area contributed by atoms with Crippen LogP contribution < -0.4 is 15.5 Å². The molecule has 1 aromatic carbocycles. The maximum Gasteiger partial charge on any atom is 0.274 e. The molecule has 2 bridgehead atoms. The molecule has 13 heteroatoms. The third kappa shape index (κ3) is 4.75. The Kier molecular flexibility index (Phi) is 7.58. The molecule has 1 spiro atoms. The SMILES string of the molecule is CCCCOc1c2n(cc(C(=O)NCc3c(F)cc(F)cc3F)c1=O)[C@@H]1CN(C2=O)[C@@H](C)CC[C@@]12ON=C(C)[C@@H]2O. The molecule has 2 amide bonds. The Bertz CT molecular complexity index is 1470. The van der Waals surface area contributed by atoms with E-state index in [-0.39, 0.29) is 30.6 Å². The van der Waals surface area contributed by atoms with E-state index in [9.17, 15) is 32.7 Å². The standard InChI is InChI=1S/C28H31F3N4O6/c1-4-5-8-40-24-22-27(39)34-13-21(28(7-6-14(34)2)25(37)15(3)33-41-28)35(22)12-18(23(24)36)26(38)32-11-17-19(30)9-16(29)10-20(17)31/h9-10,12,14,21,25,37H,4-8,11,13H2,1-3H3,(H,32,38)/t14-,21+,25-,28+/m0/s1. The Labute approximate surface area is 233 Å². The van der Waals surface area contributed by atoms with E-state index in [0.29, 0.717) is 37.1 Å². The summed E-state index contributed by atoms with van der Waals surface area (Å²) < 4.78 is 49.0. The highest BCUT2D eigenvalue weighted by atomic mass is 19.1. The third-order valence-electron chi connectivity index (χ3n) is 8.15. The van der Waals surface area contributed by atoms with Crippen LogP contribution in [0.5, 0.6) is 5.75 Å². The number of amides is 2. The lowest BCUT2D eigenvalue weighted by Crippen LogP contribution is -2.56. The quantitative estimate of drug-likeness (QED) is 0.489. The number of carbonyl (C=O) groups is 2. The molecule has 4 heterocycles. The van der Waals surface area contributed by atoms with Crippen molar-refractivity contribution in [3.63, 3.8) is 0 Å². The Morgan fingerprint density at radius 2 is 1.98 bits per heavy atom. The van der Waals surface area contributed by atoms with Gasteiger partial charge >= 0.3 is 0 Å². The summed E-state index contributed by atoms with van der Waals surface area (Å²) in [6.07, 6.45) is 2.18. The van der Waals surface area contributed by atoms with Crippen LogP contribution in [0.1, 0.15) is 78.9 Å². The van der Waals surface area contributed by atoms with E-state index in [0.717, 1.165) is 6.42 Å². The second-order valence-corrected chi connectivity index (χ2v) is 10.7. The predicted molar refractivity (Wildman–Crippen MR) is 140 cm³/mol. The van der Waals surface area contributed by atoms with Crippen LogP contribution in [0, 0.1) is 17.5 Å². The number of rotatable bonds is 7. The molecule has 2 N–H and O–H groups in total. The molecular formula is C28H31F3N4O6. The number of oxime groups is 1. The first-order valence-electron chi connectivity index (χ1n) is 13.5. The number of ether oxygens (including phenoxy) is 1. The van der Waals surface area contributed by atoms with E-state index < -0.39 is 70.1 Å². The number of benzene rings is 1. The fourth-order valence-corrected chi connectivity index (χ4v) is 5.74. The minimum atomic E-state index is -1.29. The van der Waals surface area contributed by atoms with Gasteiger partial charge in [-0.2, -0.15) is 0 Å². The summed E-state index contributed by atoms with van der Waals surface area (Å²) in [5.41, 5.74) is -2.92. The van der Waals surface area contributed by atoms with Crippen molar-refractivity contribution in [3.05, 3.63) is 62.8 Å². The van der Waals surface area contributed by atoms with Crippen LogP contribution in [0.15, 0.2) is 28.3 Å². The van der Waals surface area contributed by atoms with Gasteiger partial charge in [-0.1, -0.05) is 18.5 Å². The van der Waals surface area contributed by atoms with Crippen molar-refractivity contribution < 1.29 is 37.4 Å². The first-order chi connectivity index (χ1) is 19.5. The molecule has 5 rings (SSSR count). The summed E-state index contributed by atoms with van der Waals surface area (Å²) in [6, 6.07) is -0.0431. The lowest BCUT2D eigenvalue weighted by atomic mass is 9.82. The van der Waals surface area contributed by atoms with Gasteiger partial charge in [0.25, 0.3) is 11.8 Å². The number of hydrogen-bond acceptors (Lipinski definition) is 7. The van der Waals surface area contributed by atoms with Crippen molar-refractivity contribution in [1.82, 2.24) is 14.8 Å². The van der Waals surface area contributed by atoms with E-state index in [2.05, 4.69) is 10.5 Å². The van der Waals surface area contributed by atoms with Crippen molar-refractivity contribution in [3.8, 4) is 5.75 Å². The molecule has 0 aliphatic carbocycles. The van der Waals surface area contributed by atoms with E-state index in [1.165, 1.54) is 10.8 Å². The van der Waals surface area contributed by atoms with E-state index >= 15 is 0 Å². The smallest absolute Gasteiger partial charge is 0.274 e. The number of carbonyl (C=O) groups excluding carboxylic acids is 2. The molecule has 10 nitrogen and oxygen atoms in total. The second kappa shape index (κ2) is 10.8. The Morgan fingerprint density at radius 1 is 1.27 bits per heavy atom. The lowest BCUT2D eigenvalue weighted by Gasteiger charge is -2.43. The molecule has 4 atom stereocenters. The van der Waals surface area contributed by atoms with Gasteiger partial charge in [0.1, 0.15) is 29.1 Å². The number of hydrogen-bond donors (Lipinski definition) is 2. The fraction of sp³-hybridized carbons (Fsp3) is 0.500. The van der Waals surface area contributed by atoms with Gasteiger partial charge in [0.2, 0.25) is 5.43 Å². The number of pyridine rings is 1. The van der Waals surface area contributed by atoms with Crippen molar-refractivity contribution in [2.45, 2.75) is 76.8 Å². The van der Waals surface area contributed by atoms with Gasteiger partial charge in [-0.25, -0.2) is 13.2 Å². The molecule has 0 saturated carbocycles. The van der Waals surface area contributed by atoms with Gasteiger partial charge in [0, 0.05) is 43.0 Å². The molecule has 3 aliphatic heterocycles. The molecule has 0 unspecified atom stereocenters. The van der Waals surface area contributed by atoms with Gasteiger partial charge in [-0.05, 0) is 33.1 Å². The van der Waals surface area contributed by atoms with Crippen LogP contribution in [-0.4, -0.2) is 63.0 Å². The molecule has 1 aromatic heterocycles. The highest BCUT2D eigenvalue weighted by Gasteiger charge is 2.58. The fourth-order valence-electron chi connectivity index (χ4n) is 5.74. The first kappa shape index (κ1) is 28.7.